The number of likely N-dealkylation sites (N-methyl/N-ethyl adjacent to an activating group) is 1. The highest BCUT2D eigenvalue weighted by molar-refractivity contribution is 5.86. The van der Waals surface area contributed by atoms with E-state index < -0.39 is 18.6 Å². The SMILES string of the molecule is CN=C(NCC(=O)N(C)CC(F)(F)F)NCC(c1ccccc1)N1CCCC1. The first-order valence-corrected chi connectivity index (χ1v) is 9.34. The van der Waals surface area contributed by atoms with Gasteiger partial charge in [0.05, 0.1) is 12.6 Å². The second-order valence-corrected chi connectivity index (χ2v) is 6.84. The molecule has 1 aliphatic rings. The quantitative estimate of drug-likeness (QED) is 0.544. The van der Waals surface area contributed by atoms with Crippen molar-refractivity contribution < 1.29 is 18.0 Å². The predicted octanol–water partition coefficient (Wildman–Crippen LogP) is 2.01. The molecule has 28 heavy (non-hydrogen) atoms. The maximum atomic E-state index is 12.4. The number of nitrogens with one attached hydrogen (secondary N) is 2. The van der Waals surface area contributed by atoms with E-state index in [1.54, 1.807) is 7.05 Å². The van der Waals surface area contributed by atoms with Gasteiger partial charge in [0.15, 0.2) is 5.96 Å². The summed E-state index contributed by atoms with van der Waals surface area (Å²) in [7, 11) is 2.69. The first kappa shape index (κ1) is 22.0. The molecule has 0 saturated carbocycles. The summed E-state index contributed by atoms with van der Waals surface area (Å²) in [5.41, 5.74) is 1.19. The van der Waals surface area contributed by atoms with Gasteiger partial charge in [0.1, 0.15) is 6.54 Å². The lowest BCUT2D eigenvalue weighted by Gasteiger charge is -2.29. The standard InChI is InChI=1S/C19H28F3N5O/c1-23-18(25-13-17(28)26(2)14-19(20,21)22)24-12-16(27-10-6-7-11-27)15-8-4-3-5-9-15/h3-5,8-9,16H,6-7,10-14H2,1-2H3,(H2,23,24,25). The molecule has 0 aromatic heterocycles. The maximum Gasteiger partial charge on any atom is 0.406 e. The number of alkyl halides is 3. The molecule has 0 aliphatic carbocycles. The third-order valence-corrected chi connectivity index (χ3v) is 4.70. The topological polar surface area (TPSA) is 60.0 Å². The normalized spacial score (nSPS) is 16.7. The highest BCUT2D eigenvalue weighted by Crippen LogP contribution is 2.24. The molecule has 0 bridgehead atoms. The fraction of sp³-hybridized carbons (Fsp3) is 0.579. The van der Waals surface area contributed by atoms with Gasteiger partial charge in [-0.3, -0.25) is 14.7 Å². The van der Waals surface area contributed by atoms with Crippen LogP contribution in [0.25, 0.3) is 0 Å². The van der Waals surface area contributed by atoms with Crippen LogP contribution in [0.3, 0.4) is 0 Å². The van der Waals surface area contributed by atoms with E-state index in [9.17, 15) is 18.0 Å². The van der Waals surface area contributed by atoms with Crippen LogP contribution in [0.15, 0.2) is 35.3 Å². The molecule has 1 aromatic carbocycles. The molecule has 1 heterocycles. The number of likely N-dealkylation sites (tertiary alicyclic amines) is 1. The Morgan fingerprint density at radius 1 is 1.21 bits per heavy atom. The number of guanidine groups is 1. The van der Waals surface area contributed by atoms with Crippen molar-refractivity contribution >= 4 is 11.9 Å². The van der Waals surface area contributed by atoms with Crippen LogP contribution in [0.1, 0.15) is 24.4 Å². The van der Waals surface area contributed by atoms with Crippen LogP contribution in [-0.2, 0) is 4.79 Å². The lowest BCUT2D eigenvalue weighted by Crippen LogP contribution is -2.47. The molecule has 9 heteroatoms. The van der Waals surface area contributed by atoms with Gasteiger partial charge in [-0.15, -0.1) is 0 Å². The van der Waals surface area contributed by atoms with Crippen molar-refractivity contribution in [1.29, 1.82) is 0 Å². The number of nitrogens with zero attached hydrogens (tertiary/aromatic N) is 3. The molecule has 156 valence electrons. The molecule has 1 fully saturated rings. The minimum atomic E-state index is -4.41. The summed E-state index contributed by atoms with van der Waals surface area (Å²) in [5.74, 6) is -0.270. The first-order chi connectivity index (χ1) is 13.3. The molecule has 1 saturated heterocycles. The Kier molecular flexibility index (Phi) is 8.10. The van der Waals surface area contributed by atoms with Gasteiger partial charge in [-0.1, -0.05) is 30.3 Å². The van der Waals surface area contributed by atoms with Crippen molar-refractivity contribution in [1.82, 2.24) is 20.4 Å². The second kappa shape index (κ2) is 10.3. The van der Waals surface area contributed by atoms with Crippen molar-refractivity contribution in [3.63, 3.8) is 0 Å². The van der Waals surface area contributed by atoms with Gasteiger partial charge in [-0.05, 0) is 31.5 Å². The molecular formula is C19H28F3N5O. The van der Waals surface area contributed by atoms with Crippen molar-refractivity contribution in [3.8, 4) is 0 Å². The summed E-state index contributed by atoms with van der Waals surface area (Å²) in [6.45, 7) is 1.09. The summed E-state index contributed by atoms with van der Waals surface area (Å²) in [6.07, 6.45) is -2.09. The molecule has 0 spiro atoms. The average molecular weight is 399 g/mol. The Balaban J connectivity index is 1.89. The second-order valence-electron chi connectivity index (χ2n) is 6.84. The van der Waals surface area contributed by atoms with Crippen LogP contribution in [-0.4, -0.2) is 74.7 Å². The minimum Gasteiger partial charge on any atom is -0.354 e. The molecule has 1 unspecified atom stereocenters. The fourth-order valence-corrected chi connectivity index (χ4v) is 3.25. The minimum absolute atomic E-state index is 0.158. The molecule has 2 N–H and O–H groups in total. The molecule has 0 radical (unpaired) electrons. The van der Waals surface area contributed by atoms with E-state index in [4.69, 9.17) is 0 Å². The molecule has 1 aromatic rings. The zero-order valence-corrected chi connectivity index (χ0v) is 16.3. The number of amides is 1. The number of carbonyl (C=O) groups is 1. The molecule has 1 amide bonds. The number of aliphatic imine (C=N–C) groups is 1. The zero-order chi connectivity index (χ0) is 20.6. The van der Waals surface area contributed by atoms with E-state index >= 15 is 0 Å². The van der Waals surface area contributed by atoms with E-state index in [-0.39, 0.29) is 12.6 Å². The van der Waals surface area contributed by atoms with Crippen molar-refractivity contribution in [3.05, 3.63) is 35.9 Å². The third kappa shape index (κ3) is 7.03. The van der Waals surface area contributed by atoms with E-state index in [1.165, 1.54) is 5.56 Å². The fourth-order valence-electron chi connectivity index (χ4n) is 3.25. The molecule has 1 atom stereocenters. The van der Waals surface area contributed by atoms with Crippen LogP contribution < -0.4 is 10.6 Å². The van der Waals surface area contributed by atoms with Crippen LogP contribution >= 0.6 is 0 Å². The number of rotatable bonds is 7. The summed E-state index contributed by atoms with van der Waals surface area (Å²) in [6, 6.07) is 10.3. The van der Waals surface area contributed by atoms with Crippen molar-refractivity contribution in [2.24, 2.45) is 4.99 Å². The van der Waals surface area contributed by atoms with Crippen LogP contribution in [0.4, 0.5) is 13.2 Å². The molecular weight excluding hydrogens is 371 g/mol. The Hall–Kier alpha value is -2.29. The summed E-state index contributed by atoms with van der Waals surface area (Å²) >= 11 is 0. The number of hydrogen-bond donors (Lipinski definition) is 2. The molecule has 2 rings (SSSR count). The van der Waals surface area contributed by atoms with Crippen molar-refractivity contribution in [2.75, 3.05) is 46.8 Å². The van der Waals surface area contributed by atoms with E-state index in [1.807, 2.05) is 18.2 Å². The Morgan fingerprint density at radius 2 is 1.86 bits per heavy atom. The Labute approximate surface area is 163 Å². The van der Waals surface area contributed by atoms with Gasteiger partial charge in [-0.2, -0.15) is 13.2 Å². The van der Waals surface area contributed by atoms with Crippen LogP contribution in [0, 0.1) is 0 Å². The zero-order valence-electron chi connectivity index (χ0n) is 16.3. The van der Waals surface area contributed by atoms with Gasteiger partial charge in [0.25, 0.3) is 0 Å². The first-order valence-electron chi connectivity index (χ1n) is 9.34. The highest BCUT2D eigenvalue weighted by Gasteiger charge is 2.31. The summed E-state index contributed by atoms with van der Waals surface area (Å²) in [4.78, 5) is 19.0. The van der Waals surface area contributed by atoms with Gasteiger partial charge in [-0.25, -0.2) is 0 Å². The monoisotopic (exact) mass is 399 g/mol. The van der Waals surface area contributed by atoms with Crippen LogP contribution in [0.2, 0.25) is 0 Å². The number of carbonyl (C=O) groups excluding carboxylic acids is 1. The van der Waals surface area contributed by atoms with Gasteiger partial charge >= 0.3 is 6.18 Å². The smallest absolute Gasteiger partial charge is 0.354 e. The van der Waals surface area contributed by atoms with Crippen molar-refractivity contribution in [2.45, 2.75) is 25.1 Å². The molecule has 1 aliphatic heterocycles. The van der Waals surface area contributed by atoms with E-state index in [2.05, 4.69) is 32.7 Å². The Morgan fingerprint density at radius 3 is 2.43 bits per heavy atom. The van der Waals surface area contributed by atoms with Crippen LogP contribution in [0.5, 0.6) is 0 Å². The number of hydrogen-bond acceptors (Lipinski definition) is 3. The number of halogens is 3. The summed E-state index contributed by atoms with van der Waals surface area (Å²) in [5, 5.41) is 5.99. The summed E-state index contributed by atoms with van der Waals surface area (Å²) < 4.78 is 37.2. The average Bonchev–Trinajstić information content (AvgIpc) is 3.18. The largest absolute Gasteiger partial charge is 0.406 e. The van der Waals surface area contributed by atoms with Gasteiger partial charge < -0.3 is 15.5 Å². The third-order valence-electron chi connectivity index (χ3n) is 4.70. The lowest BCUT2D eigenvalue weighted by molar-refractivity contribution is -0.157. The van der Waals surface area contributed by atoms with E-state index in [0.29, 0.717) is 17.4 Å². The van der Waals surface area contributed by atoms with Gasteiger partial charge in [0, 0.05) is 20.6 Å². The predicted molar refractivity (Wildman–Crippen MR) is 103 cm³/mol. The Bertz CT molecular complexity index is 645. The van der Waals surface area contributed by atoms with Gasteiger partial charge in [0.2, 0.25) is 5.91 Å². The molecule has 6 nitrogen and oxygen atoms in total. The highest BCUT2D eigenvalue weighted by atomic mass is 19.4. The maximum absolute atomic E-state index is 12.4. The number of benzene rings is 1. The van der Waals surface area contributed by atoms with E-state index in [0.717, 1.165) is 33.0 Å². The lowest BCUT2D eigenvalue weighted by atomic mass is 10.1.